The van der Waals surface area contributed by atoms with Crippen molar-refractivity contribution < 1.29 is 37.0 Å². The summed E-state index contributed by atoms with van der Waals surface area (Å²) in [7, 11) is 2.63. The predicted octanol–water partition coefficient (Wildman–Crippen LogP) is 5.41. The molecule has 0 bridgehead atoms. The lowest BCUT2D eigenvalue weighted by Crippen LogP contribution is -2.51. The quantitative estimate of drug-likeness (QED) is 0.437. The Bertz CT molecular complexity index is 1200. The summed E-state index contributed by atoms with van der Waals surface area (Å²) >= 11 is 6.48. The van der Waals surface area contributed by atoms with E-state index in [1.807, 2.05) is 0 Å². The third-order valence-corrected chi connectivity index (χ3v) is 7.39. The van der Waals surface area contributed by atoms with Crippen LogP contribution in [0.1, 0.15) is 37.3 Å². The molecule has 0 N–H and O–H groups in total. The molecule has 0 spiro atoms. The van der Waals surface area contributed by atoms with Crippen LogP contribution in [0.25, 0.3) is 0 Å². The molecule has 2 aliphatic rings. The van der Waals surface area contributed by atoms with Crippen molar-refractivity contribution in [3.05, 3.63) is 64.9 Å². The fraction of sp³-hybridized carbons (Fsp3) is 0.444. The van der Waals surface area contributed by atoms with Gasteiger partial charge in [0.05, 0.1) is 19.8 Å². The molecule has 2 aromatic carbocycles. The van der Waals surface area contributed by atoms with Crippen molar-refractivity contribution in [3.63, 3.8) is 0 Å². The summed E-state index contributed by atoms with van der Waals surface area (Å²) in [5, 5.41) is 0.171. The minimum atomic E-state index is -2.83. The number of nitrogens with zero attached hydrogens (tertiary/aromatic N) is 2. The molecule has 2 aromatic rings. The lowest BCUT2D eigenvalue weighted by atomic mass is 9.77. The first-order chi connectivity index (χ1) is 18.0. The minimum absolute atomic E-state index is 0.0536. The smallest absolute Gasteiger partial charge is 0.410 e. The molecule has 2 amide bonds. The van der Waals surface area contributed by atoms with Crippen LogP contribution in [-0.2, 0) is 19.1 Å². The molecule has 2 fully saturated rings. The Morgan fingerprint density at radius 1 is 1.13 bits per heavy atom. The fourth-order valence-electron chi connectivity index (χ4n) is 5.19. The zero-order chi connectivity index (χ0) is 27.6. The van der Waals surface area contributed by atoms with Gasteiger partial charge in [-0.15, -0.1) is 0 Å². The number of likely N-dealkylation sites (tertiary alicyclic amines) is 1. The van der Waals surface area contributed by atoms with Crippen LogP contribution in [0.3, 0.4) is 0 Å². The van der Waals surface area contributed by atoms with E-state index in [4.69, 9.17) is 21.1 Å². The standard InChI is InChI=1S/C27H28ClF3N2O5/c1-37-19-12-22(32(15-19)26(36)38-2)25(35)33(18-7-5-6-17(29)11-18)24(20-8-3-4-9-21(20)28)23(34)10-16-13-27(30,31)14-16/h3-9,11,16,19,22,24H,10,12-15H2,1-2H3/t19-,22-,24-/m0/s1. The van der Waals surface area contributed by atoms with Gasteiger partial charge in [-0.25, -0.2) is 18.0 Å². The third kappa shape index (κ3) is 5.81. The number of ketones is 1. The maximum absolute atomic E-state index is 14.4. The van der Waals surface area contributed by atoms with Crippen molar-refractivity contribution in [2.45, 2.75) is 49.8 Å². The number of rotatable bonds is 8. The Morgan fingerprint density at radius 2 is 1.84 bits per heavy atom. The first kappa shape index (κ1) is 27.9. The summed E-state index contributed by atoms with van der Waals surface area (Å²) in [5.41, 5.74) is 0.312. The monoisotopic (exact) mass is 552 g/mol. The number of hydrogen-bond donors (Lipinski definition) is 0. The van der Waals surface area contributed by atoms with Gasteiger partial charge in [-0.2, -0.15) is 0 Å². The number of methoxy groups -OCH3 is 2. The van der Waals surface area contributed by atoms with Crippen molar-refractivity contribution in [1.82, 2.24) is 4.90 Å². The summed E-state index contributed by atoms with van der Waals surface area (Å²) in [5.74, 6) is -5.26. The van der Waals surface area contributed by atoms with E-state index >= 15 is 0 Å². The van der Waals surface area contributed by atoms with Crippen LogP contribution < -0.4 is 4.90 Å². The lowest BCUT2D eigenvalue weighted by molar-refractivity contribution is -0.135. The average molecular weight is 553 g/mol. The van der Waals surface area contributed by atoms with Gasteiger partial charge in [-0.3, -0.25) is 19.4 Å². The number of amides is 2. The van der Waals surface area contributed by atoms with Crippen LogP contribution in [-0.4, -0.2) is 61.5 Å². The van der Waals surface area contributed by atoms with Crippen molar-refractivity contribution >= 4 is 35.1 Å². The Balaban J connectivity index is 1.80. The van der Waals surface area contributed by atoms with E-state index in [1.54, 1.807) is 24.3 Å². The lowest BCUT2D eigenvalue weighted by Gasteiger charge is -2.38. The maximum Gasteiger partial charge on any atom is 0.410 e. The predicted molar refractivity (Wildman–Crippen MR) is 134 cm³/mol. The third-order valence-electron chi connectivity index (χ3n) is 7.04. The van der Waals surface area contributed by atoms with E-state index in [0.717, 1.165) is 11.0 Å². The molecule has 38 heavy (non-hydrogen) atoms. The topological polar surface area (TPSA) is 76.2 Å². The number of carbonyl (C=O) groups is 3. The Labute approximate surface area is 223 Å². The van der Waals surface area contributed by atoms with E-state index in [2.05, 4.69) is 0 Å². The highest BCUT2D eigenvalue weighted by atomic mass is 35.5. The number of Topliss-reactive ketones (excluding diaryl/α,β-unsaturated/α-hetero) is 1. The molecule has 3 atom stereocenters. The second-order valence-electron chi connectivity index (χ2n) is 9.64. The van der Waals surface area contributed by atoms with Gasteiger partial charge in [-0.05, 0) is 30.2 Å². The van der Waals surface area contributed by atoms with Crippen molar-refractivity contribution in [2.75, 3.05) is 25.7 Å². The molecule has 1 aliphatic heterocycles. The number of hydrogen-bond acceptors (Lipinski definition) is 5. The first-order valence-corrected chi connectivity index (χ1v) is 12.5. The van der Waals surface area contributed by atoms with Crippen LogP contribution in [0, 0.1) is 11.7 Å². The van der Waals surface area contributed by atoms with E-state index in [0.29, 0.717) is 0 Å². The van der Waals surface area contributed by atoms with Crippen molar-refractivity contribution in [2.24, 2.45) is 5.92 Å². The summed E-state index contributed by atoms with van der Waals surface area (Å²) in [6.07, 6.45) is -2.24. The molecule has 1 saturated carbocycles. The van der Waals surface area contributed by atoms with Crippen LogP contribution in [0.2, 0.25) is 5.02 Å². The summed E-state index contributed by atoms with van der Waals surface area (Å²) in [6, 6.07) is 9.05. The molecule has 0 unspecified atom stereocenters. The van der Waals surface area contributed by atoms with Gasteiger partial charge < -0.3 is 9.47 Å². The number of alkyl halides is 2. The van der Waals surface area contributed by atoms with E-state index in [-0.39, 0.29) is 35.7 Å². The van der Waals surface area contributed by atoms with Crippen molar-refractivity contribution in [1.29, 1.82) is 0 Å². The highest BCUT2D eigenvalue weighted by molar-refractivity contribution is 6.31. The van der Waals surface area contributed by atoms with Crippen LogP contribution in [0.5, 0.6) is 0 Å². The SMILES string of the molecule is COC(=O)N1C[C@@H](OC)C[C@H]1C(=O)N(c1cccc(F)c1)[C@H](C(=O)CC1CC(F)(F)C1)c1ccccc1Cl. The van der Waals surface area contributed by atoms with Gasteiger partial charge >= 0.3 is 6.09 Å². The van der Waals surface area contributed by atoms with Gasteiger partial charge in [0.2, 0.25) is 5.92 Å². The van der Waals surface area contributed by atoms with E-state index < -0.39 is 66.5 Å². The zero-order valence-electron chi connectivity index (χ0n) is 20.9. The van der Waals surface area contributed by atoms with Gasteiger partial charge in [0.15, 0.2) is 5.78 Å². The molecule has 1 heterocycles. The molecule has 7 nitrogen and oxygen atoms in total. The fourth-order valence-corrected chi connectivity index (χ4v) is 5.43. The van der Waals surface area contributed by atoms with E-state index in [9.17, 15) is 27.6 Å². The molecule has 1 aliphatic carbocycles. The second-order valence-corrected chi connectivity index (χ2v) is 10.1. The van der Waals surface area contributed by atoms with Crippen LogP contribution in [0.4, 0.5) is 23.7 Å². The van der Waals surface area contributed by atoms with Gasteiger partial charge in [0, 0.05) is 49.1 Å². The largest absolute Gasteiger partial charge is 0.453 e. The maximum atomic E-state index is 14.4. The van der Waals surface area contributed by atoms with E-state index in [1.165, 1.54) is 37.3 Å². The number of anilines is 1. The van der Waals surface area contributed by atoms with Crippen LogP contribution in [0.15, 0.2) is 48.5 Å². The molecule has 204 valence electrons. The molecular formula is C27H28ClF3N2O5. The number of ether oxygens (including phenoxy) is 2. The van der Waals surface area contributed by atoms with Crippen molar-refractivity contribution in [3.8, 4) is 0 Å². The minimum Gasteiger partial charge on any atom is -0.453 e. The normalized spacial score (nSPS) is 21.5. The molecule has 0 aromatic heterocycles. The molecule has 0 radical (unpaired) electrons. The summed E-state index contributed by atoms with van der Waals surface area (Å²) < 4.78 is 51.8. The Kier molecular flexibility index (Phi) is 8.32. The van der Waals surface area contributed by atoms with Gasteiger partial charge in [0.25, 0.3) is 5.91 Å². The Hall–Kier alpha value is -3.11. The molecule has 11 heteroatoms. The molecular weight excluding hydrogens is 525 g/mol. The summed E-state index contributed by atoms with van der Waals surface area (Å²) in [6.45, 7) is 0.0679. The molecule has 1 saturated heterocycles. The number of benzene rings is 2. The van der Waals surface area contributed by atoms with Gasteiger partial charge in [0.1, 0.15) is 17.9 Å². The average Bonchev–Trinajstić information content (AvgIpc) is 3.30. The van der Waals surface area contributed by atoms with Gasteiger partial charge in [-0.1, -0.05) is 35.9 Å². The number of carbonyl (C=O) groups excluding carboxylic acids is 3. The second kappa shape index (κ2) is 11.3. The highest BCUT2D eigenvalue weighted by Crippen LogP contribution is 2.46. The highest BCUT2D eigenvalue weighted by Gasteiger charge is 2.49. The first-order valence-electron chi connectivity index (χ1n) is 12.2. The Morgan fingerprint density at radius 3 is 2.45 bits per heavy atom. The zero-order valence-corrected chi connectivity index (χ0v) is 21.7. The summed E-state index contributed by atoms with van der Waals surface area (Å²) in [4.78, 5) is 42.9. The molecule has 4 rings (SSSR count). The van der Waals surface area contributed by atoms with Crippen LogP contribution >= 0.6 is 11.6 Å². The number of halogens is 4.